The topological polar surface area (TPSA) is 33.4 Å². The van der Waals surface area contributed by atoms with Crippen LogP contribution in [0.25, 0.3) is 5.65 Å². The number of rotatable bonds is 1. The molecule has 1 aliphatic rings. The van der Waals surface area contributed by atoms with E-state index in [0.29, 0.717) is 0 Å². The third-order valence-electron chi connectivity index (χ3n) is 2.74. The maximum absolute atomic E-state index is 4.64. The van der Waals surface area contributed by atoms with Crippen LogP contribution in [0, 0.1) is 3.57 Å². The van der Waals surface area contributed by atoms with Crippen molar-refractivity contribution in [2.45, 2.75) is 12.8 Å². The van der Waals surface area contributed by atoms with Gasteiger partial charge in [-0.2, -0.15) is 5.10 Å². The van der Waals surface area contributed by atoms with E-state index in [-0.39, 0.29) is 0 Å². The second kappa shape index (κ2) is 3.62. The summed E-state index contributed by atoms with van der Waals surface area (Å²) in [7, 11) is 0. The van der Waals surface area contributed by atoms with Crippen LogP contribution in [0.3, 0.4) is 0 Å². The summed E-state index contributed by atoms with van der Waals surface area (Å²) in [6.45, 7) is 2.27. The molecule has 1 saturated heterocycles. The summed E-state index contributed by atoms with van der Waals surface area (Å²) in [6, 6.07) is 2.04. The molecule has 4 nitrogen and oxygen atoms in total. The normalized spacial score (nSPS) is 16.5. The van der Waals surface area contributed by atoms with Crippen molar-refractivity contribution in [3.8, 4) is 0 Å². The first-order valence-corrected chi connectivity index (χ1v) is 6.17. The zero-order chi connectivity index (χ0) is 10.3. The first kappa shape index (κ1) is 9.38. The molecular weight excluding hydrogens is 303 g/mol. The SMILES string of the molecule is Ic1cnn2ccc(N3CCCC3)nc12. The summed E-state index contributed by atoms with van der Waals surface area (Å²) in [4.78, 5) is 6.97. The number of hydrogen-bond acceptors (Lipinski definition) is 3. The van der Waals surface area contributed by atoms with E-state index in [1.54, 1.807) is 0 Å². The van der Waals surface area contributed by atoms with Gasteiger partial charge < -0.3 is 4.90 Å². The monoisotopic (exact) mass is 314 g/mol. The minimum absolute atomic E-state index is 0.958. The molecule has 78 valence electrons. The number of anilines is 1. The number of fused-ring (bicyclic) bond motifs is 1. The van der Waals surface area contributed by atoms with Crippen molar-refractivity contribution in [1.29, 1.82) is 0 Å². The summed E-state index contributed by atoms with van der Waals surface area (Å²) in [6.07, 6.45) is 6.39. The van der Waals surface area contributed by atoms with Crippen LogP contribution in [-0.4, -0.2) is 27.7 Å². The van der Waals surface area contributed by atoms with Crippen LogP contribution in [0.2, 0.25) is 0 Å². The van der Waals surface area contributed by atoms with Crippen LogP contribution >= 0.6 is 22.6 Å². The van der Waals surface area contributed by atoms with Gasteiger partial charge in [-0.25, -0.2) is 9.50 Å². The molecule has 1 aliphatic heterocycles. The molecular formula is C10H11IN4. The molecule has 15 heavy (non-hydrogen) atoms. The molecule has 0 radical (unpaired) electrons. The highest BCUT2D eigenvalue weighted by Crippen LogP contribution is 2.19. The van der Waals surface area contributed by atoms with Gasteiger partial charge in [0, 0.05) is 19.3 Å². The maximum atomic E-state index is 4.64. The first-order chi connectivity index (χ1) is 7.34. The third kappa shape index (κ3) is 1.58. The van der Waals surface area contributed by atoms with E-state index >= 15 is 0 Å². The van der Waals surface area contributed by atoms with E-state index < -0.39 is 0 Å². The van der Waals surface area contributed by atoms with E-state index in [0.717, 1.165) is 28.1 Å². The number of nitrogens with zero attached hydrogens (tertiary/aromatic N) is 4. The molecule has 2 aromatic heterocycles. The summed E-state index contributed by atoms with van der Waals surface area (Å²) in [5.74, 6) is 1.08. The standard InChI is InChI=1S/C10H11IN4/c11-8-7-12-15-6-3-9(13-10(8)15)14-4-1-2-5-14/h3,6-7H,1-2,4-5H2. The lowest BCUT2D eigenvalue weighted by Crippen LogP contribution is -2.19. The fraction of sp³-hybridized carbons (Fsp3) is 0.400. The van der Waals surface area contributed by atoms with Crippen molar-refractivity contribution in [2.75, 3.05) is 18.0 Å². The first-order valence-electron chi connectivity index (χ1n) is 5.09. The zero-order valence-electron chi connectivity index (χ0n) is 8.23. The van der Waals surface area contributed by atoms with Gasteiger partial charge in [-0.05, 0) is 41.5 Å². The molecule has 0 unspecified atom stereocenters. The highest BCUT2D eigenvalue weighted by atomic mass is 127. The molecule has 0 N–H and O–H groups in total. The Morgan fingerprint density at radius 2 is 2.07 bits per heavy atom. The predicted octanol–water partition coefficient (Wildman–Crippen LogP) is 1.93. The number of aromatic nitrogens is 3. The second-order valence-electron chi connectivity index (χ2n) is 3.74. The Hall–Kier alpha value is -0.850. The molecule has 1 fully saturated rings. The van der Waals surface area contributed by atoms with Gasteiger partial charge in [0.05, 0.1) is 9.77 Å². The fourth-order valence-corrected chi connectivity index (χ4v) is 2.45. The van der Waals surface area contributed by atoms with Gasteiger partial charge in [0.25, 0.3) is 0 Å². The highest BCUT2D eigenvalue weighted by molar-refractivity contribution is 14.1. The van der Waals surface area contributed by atoms with Gasteiger partial charge in [-0.1, -0.05) is 0 Å². The smallest absolute Gasteiger partial charge is 0.170 e. The van der Waals surface area contributed by atoms with Gasteiger partial charge in [0.15, 0.2) is 5.65 Å². The predicted molar refractivity (Wildman–Crippen MR) is 67.2 cm³/mol. The molecule has 0 aliphatic carbocycles. The van der Waals surface area contributed by atoms with E-state index in [9.17, 15) is 0 Å². The van der Waals surface area contributed by atoms with Crippen molar-refractivity contribution in [3.63, 3.8) is 0 Å². The van der Waals surface area contributed by atoms with Crippen molar-refractivity contribution in [2.24, 2.45) is 0 Å². The third-order valence-corrected chi connectivity index (χ3v) is 3.50. The van der Waals surface area contributed by atoms with Crippen LogP contribution in [0.1, 0.15) is 12.8 Å². The molecule has 0 amide bonds. The lowest BCUT2D eigenvalue weighted by Gasteiger charge is -2.15. The van der Waals surface area contributed by atoms with Gasteiger partial charge in [0.1, 0.15) is 5.82 Å². The van der Waals surface area contributed by atoms with E-state index in [2.05, 4.69) is 37.6 Å². The Morgan fingerprint density at radius 1 is 1.27 bits per heavy atom. The average molecular weight is 314 g/mol. The summed E-state index contributed by atoms with van der Waals surface area (Å²) < 4.78 is 2.93. The molecule has 0 saturated carbocycles. The van der Waals surface area contributed by atoms with Gasteiger partial charge in [0.2, 0.25) is 0 Å². The Morgan fingerprint density at radius 3 is 2.87 bits per heavy atom. The lowest BCUT2D eigenvalue weighted by atomic mass is 10.4. The van der Waals surface area contributed by atoms with E-state index in [1.165, 1.54) is 12.8 Å². The molecule has 5 heteroatoms. The number of hydrogen-bond donors (Lipinski definition) is 0. The molecule has 0 spiro atoms. The molecule has 3 heterocycles. The van der Waals surface area contributed by atoms with Crippen LogP contribution < -0.4 is 4.90 Å². The summed E-state index contributed by atoms with van der Waals surface area (Å²) in [5, 5.41) is 4.21. The van der Waals surface area contributed by atoms with Crippen molar-refractivity contribution in [1.82, 2.24) is 14.6 Å². The van der Waals surface area contributed by atoms with Gasteiger partial charge >= 0.3 is 0 Å². The fourth-order valence-electron chi connectivity index (χ4n) is 1.95. The minimum atomic E-state index is 0.958. The largest absolute Gasteiger partial charge is 0.357 e. The maximum Gasteiger partial charge on any atom is 0.170 e. The Balaban J connectivity index is 2.08. The van der Waals surface area contributed by atoms with Gasteiger partial charge in [-0.15, -0.1) is 0 Å². The van der Waals surface area contributed by atoms with E-state index in [4.69, 9.17) is 0 Å². The highest BCUT2D eigenvalue weighted by Gasteiger charge is 2.14. The molecule has 3 rings (SSSR count). The summed E-state index contributed by atoms with van der Waals surface area (Å²) >= 11 is 2.27. The molecule has 2 aromatic rings. The Kier molecular flexibility index (Phi) is 2.27. The van der Waals surface area contributed by atoms with Crippen molar-refractivity contribution >= 4 is 34.1 Å². The van der Waals surface area contributed by atoms with E-state index in [1.807, 2.05) is 23.0 Å². The second-order valence-corrected chi connectivity index (χ2v) is 4.90. The summed E-state index contributed by atoms with van der Waals surface area (Å²) in [5.41, 5.74) is 0.958. The minimum Gasteiger partial charge on any atom is -0.357 e. The molecule has 0 aromatic carbocycles. The quantitative estimate of drug-likeness (QED) is 0.754. The Bertz CT molecular complexity index is 487. The van der Waals surface area contributed by atoms with Crippen molar-refractivity contribution in [3.05, 3.63) is 22.0 Å². The lowest BCUT2D eigenvalue weighted by molar-refractivity contribution is 0.898. The Labute approximate surface area is 101 Å². The van der Waals surface area contributed by atoms with Crippen molar-refractivity contribution < 1.29 is 0 Å². The van der Waals surface area contributed by atoms with Crippen LogP contribution in [0.4, 0.5) is 5.82 Å². The van der Waals surface area contributed by atoms with Crippen LogP contribution in [0.5, 0.6) is 0 Å². The zero-order valence-corrected chi connectivity index (χ0v) is 10.4. The van der Waals surface area contributed by atoms with Crippen LogP contribution in [0.15, 0.2) is 18.5 Å². The number of halogens is 1. The average Bonchev–Trinajstić information content (AvgIpc) is 2.88. The van der Waals surface area contributed by atoms with Gasteiger partial charge in [-0.3, -0.25) is 0 Å². The van der Waals surface area contributed by atoms with Crippen LogP contribution in [-0.2, 0) is 0 Å². The molecule has 0 atom stereocenters. The molecule has 0 bridgehead atoms.